The van der Waals surface area contributed by atoms with Crippen molar-refractivity contribution in [2.24, 2.45) is 5.92 Å². The van der Waals surface area contributed by atoms with Gasteiger partial charge in [-0.1, -0.05) is 26.7 Å². The molecule has 3 atom stereocenters. The van der Waals surface area contributed by atoms with E-state index in [4.69, 9.17) is 9.84 Å². The zero-order valence-electron chi connectivity index (χ0n) is 11.5. The number of rotatable bonds is 8. The Morgan fingerprint density at radius 1 is 1.41 bits per heavy atom. The van der Waals surface area contributed by atoms with E-state index >= 15 is 0 Å². The highest BCUT2D eigenvalue weighted by atomic mass is 16.5. The summed E-state index contributed by atoms with van der Waals surface area (Å²) >= 11 is 0. The number of aliphatic hydroxyl groups is 1. The lowest BCUT2D eigenvalue weighted by Crippen LogP contribution is -2.41. The van der Waals surface area contributed by atoms with Crippen LogP contribution in [0, 0.1) is 5.92 Å². The van der Waals surface area contributed by atoms with Gasteiger partial charge in [0.15, 0.2) is 0 Å². The lowest BCUT2D eigenvalue weighted by molar-refractivity contribution is -0.00385. The van der Waals surface area contributed by atoms with Crippen LogP contribution in [0.4, 0.5) is 0 Å². The minimum atomic E-state index is 0.312. The fourth-order valence-corrected chi connectivity index (χ4v) is 2.56. The van der Waals surface area contributed by atoms with E-state index in [-0.39, 0.29) is 0 Å². The molecule has 102 valence electrons. The average Bonchev–Trinajstić information content (AvgIpc) is 2.35. The lowest BCUT2D eigenvalue weighted by atomic mass is 9.98. The summed E-state index contributed by atoms with van der Waals surface area (Å²) in [6.07, 6.45) is 7.22. The molecule has 1 heterocycles. The third kappa shape index (κ3) is 5.84. The predicted octanol–water partition coefficient (Wildman–Crippen LogP) is 2.33. The van der Waals surface area contributed by atoms with Crippen molar-refractivity contribution in [1.82, 2.24) is 5.32 Å². The third-order valence-corrected chi connectivity index (χ3v) is 3.79. The minimum Gasteiger partial charge on any atom is -0.396 e. The number of nitrogens with one attached hydrogen (secondary N) is 1. The summed E-state index contributed by atoms with van der Waals surface area (Å²) in [7, 11) is 0. The molecule has 0 aromatic heterocycles. The topological polar surface area (TPSA) is 41.5 Å². The molecule has 2 N–H and O–H groups in total. The van der Waals surface area contributed by atoms with Gasteiger partial charge >= 0.3 is 0 Å². The third-order valence-electron chi connectivity index (χ3n) is 3.79. The van der Waals surface area contributed by atoms with Crippen LogP contribution in [-0.4, -0.2) is 37.0 Å². The summed E-state index contributed by atoms with van der Waals surface area (Å²) in [5, 5.41) is 12.6. The van der Waals surface area contributed by atoms with E-state index in [1.807, 2.05) is 0 Å². The highest BCUT2D eigenvalue weighted by Gasteiger charge is 2.22. The molecule has 3 unspecified atom stereocenters. The first kappa shape index (κ1) is 14.9. The van der Waals surface area contributed by atoms with Crippen LogP contribution in [0.25, 0.3) is 0 Å². The van der Waals surface area contributed by atoms with E-state index in [2.05, 4.69) is 19.2 Å². The molecule has 0 aliphatic carbocycles. The molecule has 3 nitrogen and oxygen atoms in total. The largest absolute Gasteiger partial charge is 0.396 e. The minimum absolute atomic E-state index is 0.312. The Kier molecular flexibility index (Phi) is 7.82. The van der Waals surface area contributed by atoms with Crippen LogP contribution in [0.5, 0.6) is 0 Å². The van der Waals surface area contributed by atoms with Gasteiger partial charge in [-0.3, -0.25) is 0 Å². The van der Waals surface area contributed by atoms with Crippen LogP contribution in [-0.2, 0) is 4.74 Å². The summed E-state index contributed by atoms with van der Waals surface area (Å²) in [6, 6.07) is 0.619. The van der Waals surface area contributed by atoms with E-state index in [9.17, 15) is 0 Å². The fourth-order valence-electron chi connectivity index (χ4n) is 2.56. The molecular formula is C14H29NO2. The van der Waals surface area contributed by atoms with Crippen molar-refractivity contribution < 1.29 is 9.84 Å². The molecule has 1 aliphatic heterocycles. The Morgan fingerprint density at radius 3 is 2.88 bits per heavy atom. The van der Waals surface area contributed by atoms with Crippen LogP contribution in [0.1, 0.15) is 52.4 Å². The van der Waals surface area contributed by atoms with Crippen molar-refractivity contribution in [2.75, 3.05) is 19.8 Å². The Hall–Kier alpha value is -0.120. The molecule has 0 saturated carbocycles. The molecule has 0 spiro atoms. The van der Waals surface area contributed by atoms with Crippen molar-refractivity contribution in [3.05, 3.63) is 0 Å². The SMILES string of the molecule is CCCC1CC(NCC(CC)CCO)CCO1. The standard InChI is InChI=1S/C14H29NO2/c1-3-5-14-10-13(7-9-17-14)15-11-12(4-2)6-8-16/h12-16H,3-11H2,1-2H3. The number of hydrogen-bond acceptors (Lipinski definition) is 3. The molecule has 1 saturated heterocycles. The fraction of sp³-hybridized carbons (Fsp3) is 1.00. The molecule has 0 amide bonds. The number of ether oxygens (including phenoxy) is 1. The van der Waals surface area contributed by atoms with Gasteiger partial charge in [-0.05, 0) is 38.1 Å². The van der Waals surface area contributed by atoms with Crippen molar-refractivity contribution in [3.8, 4) is 0 Å². The first-order valence-electron chi connectivity index (χ1n) is 7.25. The van der Waals surface area contributed by atoms with Crippen molar-refractivity contribution >= 4 is 0 Å². The summed E-state index contributed by atoms with van der Waals surface area (Å²) in [5.74, 6) is 0.618. The zero-order valence-corrected chi connectivity index (χ0v) is 11.5. The highest BCUT2D eigenvalue weighted by molar-refractivity contribution is 4.77. The van der Waals surface area contributed by atoms with Gasteiger partial charge < -0.3 is 15.2 Å². The molecule has 3 heteroatoms. The first-order valence-corrected chi connectivity index (χ1v) is 7.25. The molecular weight excluding hydrogens is 214 g/mol. The van der Waals surface area contributed by atoms with Crippen molar-refractivity contribution in [1.29, 1.82) is 0 Å². The average molecular weight is 243 g/mol. The number of aliphatic hydroxyl groups excluding tert-OH is 1. The summed E-state index contributed by atoms with van der Waals surface area (Å²) < 4.78 is 5.75. The molecule has 1 aliphatic rings. The van der Waals surface area contributed by atoms with Gasteiger partial charge in [0.05, 0.1) is 6.10 Å². The Balaban J connectivity index is 2.21. The normalized spacial score (nSPS) is 27.0. The maximum atomic E-state index is 8.97. The summed E-state index contributed by atoms with van der Waals surface area (Å²) in [5.41, 5.74) is 0. The zero-order chi connectivity index (χ0) is 12.5. The molecule has 0 aromatic carbocycles. The smallest absolute Gasteiger partial charge is 0.0589 e. The molecule has 1 rings (SSSR count). The number of hydrogen-bond donors (Lipinski definition) is 2. The predicted molar refractivity (Wildman–Crippen MR) is 71.2 cm³/mol. The van der Waals surface area contributed by atoms with Gasteiger partial charge in [-0.25, -0.2) is 0 Å². The van der Waals surface area contributed by atoms with Crippen LogP contribution in [0.3, 0.4) is 0 Å². The molecule has 0 radical (unpaired) electrons. The maximum absolute atomic E-state index is 8.97. The van der Waals surface area contributed by atoms with E-state index in [1.54, 1.807) is 0 Å². The second-order valence-corrected chi connectivity index (χ2v) is 5.20. The first-order chi connectivity index (χ1) is 8.30. The molecule has 0 bridgehead atoms. The van der Waals surface area contributed by atoms with Crippen LogP contribution in [0.15, 0.2) is 0 Å². The van der Waals surface area contributed by atoms with Crippen LogP contribution in [0.2, 0.25) is 0 Å². The van der Waals surface area contributed by atoms with Gasteiger partial charge in [-0.2, -0.15) is 0 Å². The van der Waals surface area contributed by atoms with E-state index in [0.717, 1.165) is 38.8 Å². The van der Waals surface area contributed by atoms with E-state index < -0.39 is 0 Å². The Morgan fingerprint density at radius 2 is 2.24 bits per heavy atom. The molecule has 1 fully saturated rings. The Labute approximate surface area is 106 Å². The van der Waals surface area contributed by atoms with Gasteiger partial charge in [-0.15, -0.1) is 0 Å². The van der Waals surface area contributed by atoms with Crippen LogP contribution >= 0.6 is 0 Å². The van der Waals surface area contributed by atoms with Gasteiger partial charge in [0, 0.05) is 19.3 Å². The van der Waals surface area contributed by atoms with E-state index in [1.165, 1.54) is 12.8 Å². The van der Waals surface area contributed by atoms with Crippen molar-refractivity contribution in [2.45, 2.75) is 64.5 Å². The van der Waals surface area contributed by atoms with Gasteiger partial charge in [0.25, 0.3) is 0 Å². The summed E-state index contributed by atoms with van der Waals surface area (Å²) in [6.45, 7) is 6.67. The second kappa shape index (κ2) is 8.90. The second-order valence-electron chi connectivity index (χ2n) is 5.20. The van der Waals surface area contributed by atoms with E-state index in [0.29, 0.717) is 24.7 Å². The molecule has 17 heavy (non-hydrogen) atoms. The quantitative estimate of drug-likeness (QED) is 0.687. The lowest BCUT2D eigenvalue weighted by Gasteiger charge is -2.31. The highest BCUT2D eigenvalue weighted by Crippen LogP contribution is 2.18. The monoisotopic (exact) mass is 243 g/mol. The van der Waals surface area contributed by atoms with Gasteiger partial charge in [0.1, 0.15) is 0 Å². The molecule has 0 aromatic rings. The van der Waals surface area contributed by atoms with Gasteiger partial charge in [0.2, 0.25) is 0 Å². The maximum Gasteiger partial charge on any atom is 0.0589 e. The van der Waals surface area contributed by atoms with Crippen molar-refractivity contribution in [3.63, 3.8) is 0 Å². The summed E-state index contributed by atoms with van der Waals surface area (Å²) in [4.78, 5) is 0. The van der Waals surface area contributed by atoms with Crippen LogP contribution < -0.4 is 5.32 Å². The Bertz CT molecular complexity index is 185.